The van der Waals surface area contributed by atoms with E-state index in [2.05, 4.69) is 5.32 Å². The topological polar surface area (TPSA) is 58.6 Å². The molecule has 1 amide bonds. The number of carbonyl (C=O) groups excluding carboxylic acids is 1. The maximum Gasteiger partial charge on any atom is 0.258 e. The second-order valence-corrected chi connectivity index (χ2v) is 4.86. The van der Waals surface area contributed by atoms with E-state index in [1.807, 2.05) is 55.5 Å². The van der Waals surface area contributed by atoms with E-state index in [1.54, 1.807) is 0 Å². The molecule has 0 aromatic heterocycles. The number of benzene rings is 2. The quantitative estimate of drug-likeness (QED) is 0.855. The molecular formula is C17H19NO3. The Morgan fingerprint density at radius 1 is 1.14 bits per heavy atom. The van der Waals surface area contributed by atoms with Crippen molar-refractivity contribution in [3.05, 3.63) is 65.2 Å². The number of aliphatic hydroxyl groups excluding tert-OH is 1. The summed E-state index contributed by atoms with van der Waals surface area (Å²) in [6, 6.07) is 15.0. The fourth-order valence-electron chi connectivity index (χ4n) is 1.87. The van der Waals surface area contributed by atoms with Crippen LogP contribution in [0.3, 0.4) is 0 Å². The van der Waals surface area contributed by atoms with Crippen LogP contribution in [0.4, 0.5) is 0 Å². The number of carbonyl (C=O) groups is 1. The van der Waals surface area contributed by atoms with E-state index in [9.17, 15) is 4.79 Å². The highest BCUT2D eigenvalue weighted by Crippen LogP contribution is 2.11. The van der Waals surface area contributed by atoms with Gasteiger partial charge in [0.1, 0.15) is 5.75 Å². The molecule has 0 radical (unpaired) electrons. The van der Waals surface area contributed by atoms with E-state index in [0.717, 1.165) is 16.7 Å². The van der Waals surface area contributed by atoms with Gasteiger partial charge in [0.25, 0.3) is 5.91 Å². The Bertz CT molecular complexity index is 593. The van der Waals surface area contributed by atoms with Gasteiger partial charge in [-0.05, 0) is 30.2 Å². The molecule has 4 heteroatoms. The molecule has 0 saturated carbocycles. The minimum absolute atomic E-state index is 0.00167. The average molecular weight is 285 g/mol. The van der Waals surface area contributed by atoms with Gasteiger partial charge in [-0.3, -0.25) is 4.79 Å². The lowest BCUT2D eigenvalue weighted by Gasteiger charge is -2.08. The van der Waals surface area contributed by atoms with Gasteiger partial charge in [-0.2, -0.15) is 0 Å². The zero-order valence-corrected chi connectivity index (χ0v) is 12.0. The third kappa shape index (κ3) is 4.93. The summed E-state index contributed by atoms with van der Waals surface area (Å²) in [6.07, 6.45) is 0. The Labute approximate surface area is 124 Å². The second kappa shape index (κ2) is 7.45. The van der Waals surface area contributed by atoms with Crippen molar-refractivity contribution in [2.75, 3.05) is 6.61 Å². The molecule has 0 aliphatic heterocycles. The lowest BCUT2D eigenvalue weighted by atomic mass is 10.1. The third-order valence-corrected chi connectivity index (χ3v) is 3.05. The average Bonchev–Trinajstić information content (AvgIpc) is 2.52. The second-order valence-electron chi connectivity index (χ2n) is 4.86. The monoisotopic (exact) mass is 285 g/mol. The summed E-state index contributed by atoms with van der Waals surface area (Å²) in [5, 5.41) is 11.8. The Morgan fingerprint density at radius 3 is 2.57 bits per heavy atom. The molecule has 0 bridgehead atoms. The number of hydrogen-bond acceptors (Lipinski definition) is 3. The fraction of sp³-hybridized carbons (Fsp3) is 0.235. The first-order valence-corrected chi connectivity index (χ1v) is 6.82. The molecule has 2 aromatic rings. The predicted octanol–water partition coefficient (Wildman–Crippen LogP) is 2.18. The molecule has 2 aromatic carbocycles. The number of amides is 1. The van der Waals surface area contributed by atoms with E-state index >= 15 is 0 Å². The summed E-state index contributed by atoms with van der Waals surface area (Å²) in [5.74, 6) is 0.503. The largest absolute Gasteiger partial charge is 0.484 e. The van der Waals surface area contributed by atoms with Crippen LogP contribution in [0.2, 0.25) is 0 Å². The van der Waals surface area contributed by atoms with Gasteiger partial charge in [-0.25, -0.2) is 0 Å². The number of aryl methyl sites for hydroxylation is 1. The van der Waals surface area contributed by atoms with Gasteiger partial charge in [0.2, 0.25) is 0 Å². The van der Waals surface area contributed by atoms with Gasteiger partial charge in [0.15, 0.2) is 6.61 Å². The third-order valence-electron chi connectivity index (χ3n) is 3.05. The number of rotatable bonds is 6. The van der Waals surface area contributed by atoms with Gasteiger partial charge in [0.05, 0.1) is 6.61 Å². The van der Waals surface area contributed by atoms with E-state index in [0.29, 0.717) is 12.3 Å². The summed E-state index contributed by atoms with van der Waals surface area (Å²) in [7, 11) is 0. The minimum atomic E-state index is -0.176. The molecule has 0 aliphatic carbocycles. The molecule has 2 N–H and O–H groups in total. The summed E-state index contributed by atoms with van der Waals surface area (Å²) in [4.78, 5) is 11.7. The van der Waals surface area contributed by atoms with Gasteiger partial charge in [-0.1, -0.05) is 42.0 Å². The SMILES string of the molecule is Cc1ccc(OCC(=O)NCc2cccc(CO)c2)cc1. The molecule has 0 fully saturated rings. The van der Waals surface area contributed by atoms with Crippen LogP contribution in [0.15, 0.2) is 48.5 Å². The number of aliphatic hydroxyl groups is 1. The molecule has 21 heavy (non-hydrogen) atoms. The minimum Gasteiger partial charge on any atom is -0.484 e. The van der Waals surface area contributed by atoms with Crippen molar-refractivity contribution >= 4 is 5.91 Å². The first-order chi connectivity index (χ1) is 10.2. The summed E-state index contributed by atoms with van der Waals surface area (Å²) in [6.45, 7) is 2.40. The Balaban J connectivity index is 1.78. The summed E-state index contributed by atoms with van der Waals surface area (Å²) in [5.41, 5.74) is 2.93. The smallest absolute Gasteiger partial charge is 0.258 e. The first kappa shape index (κ1) is 15.1. The zero-order chi connectivity index (χ0) is 15.1. The van der Waals surface area contributed by atoms with Gasteiger partial charge < -0.3 is 15.2 Å². The van der Waals surface area contributed by atoms with Crippen LogP contribution in [0.25, 0.3) is 0 Å². The van der Waals surface area contributed by atoms with Gasteiger partial charge in [-0.15, -0.1) is 0 Å². The highest BCUT2D eigenvalue weighted by Gasteiger charge is 2.03. The molecule has 4 nitrogen and oxygen atoms in total. The van der Waals surface area contributed by atoms with Gasteiger partial charge >= 0.3 is 0 Å². The van der Waals surface area contributed by atoms with Crippen LogP contribution in [-0.4, -0.2) is 17.6 Å². The highest BCUT2D eigenvalue weighted by atomic mass is 16.5. The first-order valence-electron chi connectivity index (χ1n) is 6.82. The van der Waals surface area contributed by atoms with Gasteiger partial charge in [0, 0.05) is 6.54 Å². The number of nitrogens with one attached hydrogen (secondary N) is 1. The maximum atomic E-state index is 11.7. The molecule has 0 aliphatic rings. The molecule has 0 atom stereocenters. The van der Waals surface area contributed by atoms with Crippen LogP contribution >= 0.6 is 0 Å². The lowest BCUT2D eigenvalue weighted by molar-refractivity contribution is -0.123. The van der Waals surface area contributed by atoms with Crippen molar-refractivity contribution in [3.8, 4) is 5.75 Å². The molecule has 2 rings (SSSR count). The van der Waals surface area contributed by atoms with E-state index < -0.39 is 0 Å². The van der Waals surface area contributed by atoms with E-state index in [4.69, 9.17) is 9.84 Å². The summed E-state index contributed by atoms with van der Waals surface area (Å²) < 4.78 is 5.40. The molecule has 0 heterocycles. The number of hydrogen-bond donors (Lipinski definition) is 2. The van der Waals surface area contributed by atoms with E-state index in [-0.39, 0.29) is 19.1 Å². The van der Waals surface area contributed by atoms with Crippen LogP contribution in [0, 0.1) is 6.92 Å². The van der Waals surface area contributed by atoms with Crippen molar-refractivity contribution in [2.45, 2.75) is 20.1 Å². The number of ether oxygens (including phenoxy) is 1. The zero-order valence-electron chi connectivity index (χ0n) is 12.0. The van der Waals surface area contributed by atoms with E-state index in [1.165, 1.54) is 0 Å². The van der Waals surface area contributed by atoms with Crippen molar-refractivity contribution in [1.82, 2.24) is 5.32 Å². The highest BCUT2D eigenvalue weighted by molar-refractivity contribution is 5.77. The van der Waals surface area contributed by atoms with Crippen LogP contribution in [-0.2, 0) is 17.9 Å². The van der Waals surface area contributed by atoms with Crippen LogP contribution in [0.1, 0.15) is 16.7 Å². The Hall–Kier alpha value is -2.33. The van der Waals surface area contributed by atoms with Crippen molar-refractivity contribution in [3.63, 3.8) is 0 Å². The Morgan fingerprint density at radius 2 is 1.86 bits per heavy atom. The van der Waals surface area contributed by atoms with Crippen LogP contribution in [0.5, 0.6) is 5.75 Å². The van der Waals surface area contributed by atoms with Crippen LogP contribution < -0.4 is 10.1 Å². The normalized spacial score (nSPS) is 10.2. The summed E-state index contributed by atoms with van der Waals surface area (Å²) >= 11 is 0. The molecule has 0 saturated heterocycles. The fourth-order valence-corrected chi connectivity index (χ4v) is 1.87. The molecule has 110 valence electrons. The molecule has 0 unspecified atom stereocenters. The standard InChI is InChI=1S/C17H19NO3/c1-13-5-7-16(8-6-13)21-12-17(20)18-10-14-3-2-4-15(9-14)11-19/h2-9,19H,10-12H2,1H3,(H,18,20). The maximum absolute atomic E-state index is 11.7. The van der Waals surface area contributed by atoms with Crippen molar-refractivity contribution in [2.24, 2.45) is 0 Å². The van der Waals surface area contributed by atoms with Crippen molar-refractivity contribution in [1.29, 1.82) is 0 Å². The molecular weight excluding hydrogens is 266 g/mol. The predicted molar refractivity (Wildman–Crippen MR) is 80.9 cm³/mol. The molecule has 0 spiro atoms. The lowest BCUT2D eigenvalue weighted by Crippen LogP contribution is -2.28. The Kier molecular flexibility index (Phi) is 5.35. The van der Waals surface area contributed by atoms with Crippen molar-refractivity contribution < 1.29 is 14.6 Å².